The number of nitrogens with zero attached hydrogens (tertiary/aromatic N) is 4. The second kappa shape index (κ2) is 7.25. The van der Waals surface area contributed by atoms with E-state index in [1.54, 1.807) is 0 Å². The number of carbonyl (C=O) groups is 1. The number of hydrogen-bond acceptors (Lipinski definition) is 6. The van der Waals surface area contributed by atoms with Gasteiger partial charge in [-0.1, -0.05) is 0 Å². The topological polar surface area (TPSA) is 91.2 Å². The van der Waals surface area contributed by atoms with Gasteiger partial charge in [-0.3, -0.25) is 9.48 Å². The molecule has 0 saturated carbocycles. The van der Waals surface area contributed by atoms with Gasteiger partial charge < -0.3 is 14.8 Å². The molecule has 0 atom stereocenters. The van der Waals surface area contributed by atoms with Gasteiger partial charge in [-0.25, -0.2) is 9.97 Å². The maximum atomic E-state index is 12.6. The van der Waals surface area contributed by atoms with Crippen molar-refractivity contribution in [3.63, 3.8) is 0 Å². The summed E-state index contributed by atoms with van der Waals surface area (Å²) in [6.45, 7) is 0.626. The maximum absolute atomic E-state index is 12.6. The van der Waals surface area contributed by atoms with Crippen molar-refractivity contribution in [2.75, 3.05) is 25.6 Å². The Morgan fingerprint density at radius 1 is 1.29 bits per heavy atom. The van der Waals surface area contributed by atoms with Gasteiger partial charge in [-0.2, -0.15) is 18.3 Å². The highest BCUT2D eigenvalue weighted by Gasteiger charge is 2.35. The van der Waals surface area contributed by atoms with Crippen LogP contribution in [0.15, 0.2) is 18.5 Å². The highest BCUT2D eigenvalue weighted by molar-refractivity contribution is 6.02. The van der Waals surface area contributed by atoms with Gasteiger partial charge in [0.2, 0.25) is 0 Å². The summed E-state index contributed by atoms with van der Waals surface area (Å²) in [6, 6.07) is 0.753. The number of rotatable bonds is 6. The molecule has 0 aliphatic carbocycles. The molecular weight excluding hydrogens is 331 g/mol. The summed E-state index contributed by atoms with van der Waals surface area (Å²) in [4.78, 5) is 19.7. The average Bonchev–Trinajstić information content (AvgIpc) is 2.91. The number of amides is 1. The second-order valence-electron chi connectivity index (χ2n) is 4.59. The molecule has 0 radical (unpaired) electrons. The molecule has 24 heavy (non-hydrogen) atoms. The fraction of sp³-hybridized carbons (Fsp3) is 0.385. The summed E-state index contributed by atoms with van der Waals surface area (Å²) in [5, 5.41) is 5.65. The SMILES string of the molecule is COCCOc1ncc(NC(=O)c2cc(C(F)(F)F)nn2C)cn1. The Morgan fingerprint density at radius 3 is 2.50 bits per heavy atom. The monoisotopic (exact) mass is 345 g/mol. The Morgan fingerprint density at radius 2 is 1.96 bits per heavy atom. The third-order valence-corrected chi connectivity index (χ3v) is 2.81. The molecular formula is C13H14F3N5O3. The van der Waals surface area contributed by atoms with Crippen LogP contribution in [0.1, 0.15) is 16.2 Å². The van der Waals surface area contributed by atoms with E-state index in [0.717, 1.165) is 4.68 Å². The van der Waals surface area contributed by atoms with Gasteiger partial charge in [0.1, 0.15) is 12.3 Å². The first-order chi connectivity index (χ1) is 11.3. The molecule has 0 unspecified atom stereocenters. The molecule has 0 aliphatic heterocycles. The molecule has 11 heteroatoms. The van der Waals surface area contributed by atoms with Crippen molar-refractivity contribution in [3.05, 3.63) is 29.8 Å². The smallest absolute Gasteiger partial charge is 0.435 e. The third-order valence-electron chi connectivity index (χ3n) is 2.81. The summed E-state index contributed by atoms with van der Waals surface area (Å²) < 4.78 is 48.6. The Bertz CT molecular complexity index is 700. The Balaban J connectivity index is 2.03. The number of ether oxygens (including phenoxy) is 2. The van der Waals surface area contributed by atoms with Gasteiger partial charge in [0.25, 0.3) is 5.91 Å². The minimum Gasteiger partial charge on any atom is -0.461 e. The lowest BCUT2D eigenvalue weighted by Gasteiger charge is -2.06. The first-order valence-electron chi connectivity index (χ1n) is 6.67. The molecule has 1 amide bonds. The van der Waals surface area contributed by atoms with Gasteiger partial charge in [0.15, 0.2) is 5.69 Å². The van der Waals surface area contributed by atoms with Gasteiger partial charge >= 0.3 is 12.2 Å². The fourth-order valence-corrected chi connectivity index (χ4v) is 1.68. The number of aryl methyl sites for hydroxylation is 1. The van der Waals surface area contributed by atoms with Crippen molar-refractivity contribution in [1.29, 1.82) is 0 Å². The molecule has 2 rings (SSSR count). The highest BCUT2D eigenvalue weighted by Crippen LogP contribution is 2.28. The normalized spacial score (nSPS) is 11.4. The molecule has 2 heterocycles. The number of methoxy groups -OCH3 is 1. The lowest BCUT2D eigenvalue weighted by atomic mass is 10.3. The zero-order valence-corrected chi connectivity index (χ0v) is 12.8. The van der Waals surface area contributed by atoms with Crippen molar-refractivity contribution in [2.45, 2.75) is 6.18 Å². The Kier molecular flexibility index (Phi) is 5.34. The molecule has 0 fully saturated rings. The maximum Gasteiger partial charge on any atom is 0.435 e. The van der Waals surface area contributed by atoms with Crippen LogP contribution in [0.25, 0.3) is 0 Å². The van der Waals surface area contributed by atoms with E-state index < -0.39 is 17.8 Å². The predicted octanol–water partition coefficient (Wildman–Crippen LogP) is 1.51. The average molecular weight is 345 g/mol. The largest absolute Gasteiger partial charge is 0.461 e. The van der Waals surface area contributed by atoms with Crippen LogP contribution in [-0.4, -0.2) is 46.0 Å². The van der Waals surface area contributed by atoms with E-state index in [1.807, 2.05) is 0 Å². The van der Waals surface area contributed by atoms with Crippen LogP contribution < -0.4 is 10.1 Å². The molecule has 0 spiro atoms. The van der Waals surface area contributed by atoms with Crippen LogP contribution >= 0.6 is 0 Å². The molecule has 130 valence electrons. The summed E-state index contributed by atoms with van der Waals surface area (Å²) in [7, 11) is 2.76. The molecule has 8 nitrogen and oxygen atoms in total. The molecule has 0 saturated heterocycles. The van der Waals surface area contributed by atoms with Crippen LogP contribution in [0.4, 0.5) is 18.9 Å². The number of carbonyl (C=O) groups excluding carboxylic acids is 1. The Hall–Kier alpha value is -2.69. The van der Waals surface area contributed by atoms with E-state index in [4.69, 9.17) is 9.47 Å². The first-order valence-corrected chi connectivity index (χ1v) is 6.67. The van der Waals surface area contributed by atoms with Crippen molar-refractivity contribution in [2.24, 2.45) is 7.05 Å². The van der Waals surface area contributed by atoms with Crippen LogP contribution in [0, 0.1) is 0 Å². The zero-order chi connectivity index (χ0) is 17.7. The predicted molar refractivity (Wildman–Crippen MR) is 75.6 cm³/mol. The summed E-state index contributed by atoms with van der Waals surface area (Å²) in [5.41, 5.74) is -1.19. The van der Waals surface area contributed by atoms with Crippen molar-refractivity contribution < 1.29 is 27.4 Å². The van der Waals surface area contributed by atoms with E-state index in [2.05, 4.69) is 20.4 Å². The molecule has 2 aromatic heterocycles. The lowest BCUT2D eigenvalue weighted by molar-refractivity contribution is -0.141. The van der Waals surface area contributed by atoms with E-state index in [1.165, 1.54) is 26.6 Å². The molecule has 0 aromatic carbocycles. The standard InChI is InChI=1S/C13H14F3N5O3/c1-21-9(5-10(20-21)13(14,15)16)11(22)19-8-6-17-12(18-7-8)24-4-3-23-2/h5-7H,3-4H2,1-2H3,(H,19,22). The summed E-state index contributed by atoms with van der Waals surface area (Å²) >= 11 is 0. The second-order valence-corrected chi connectivity index (χ2v) is 4.59. The lowest BCUT2D eigenvalue weighted by Crippen LogP contribution is -2.16. The van der Waals surface area contributed by atoms with E-state index >= 15 is 0 Å². The first kappa shape index (κ1) is 17.7. The van der Waals surface area contributed by atoms with Crippen LogP contribution in [-0.2, 0) is 18.0 Å². The van der Waals surface area contributed by atoms with Crippen LogP contribution in [0.2, 0.25) is 0 Å². The van der Waals surface area contributed by atoms with Gasteiger partial charge in [0.05, 0.1) is 24.7 Å². The van der Waals surface area contributed by atoms with E-state index in [9.17, 15) is 18.0 Å². The van der Waals surface area contributed by atoms with Gasteiger partial charge in [0, 0.05) is 20.2 Å². The molecule has 0 aliphatic rings. The number of nitrogens with one attached hydrogen (secondary N) is 1. The van der Waals surface area contributed by atoms with Crippen LogP contribution in [0.3, 0.4) is 0 Å². The van der Waals surface area contributed by atoms with Crippen molar-refractivity contribution >= 4 is 11.6 Å². The minimum absolute atomic E-state index is 0.0879. The fourth-order valence-electron chi connectivity index (χ4n) is 1.68. The van der Waals surface area contributed by atoms with E-state index in [0.29, 0.717) is 12.7 Å². The summed E-state index contributed by atoms with van der Waals surface area (Å²) in [6.07, 6.45) is -2.08. The molecule has 2 aromatic rings. The number of hydrogen-bond donors (Lipinski definition) is 1. The minimum atomic E-state index is -4.62. The number of anilines is 1. The number of halogens is 3. The van der Waals surface area contributed by atoms with Crippen molar-refractivity contribution in [1.82, 2.24) is 19.7 Å². The number of alkyl halides is 3. The number of aromatic nitrogens is 4. The zero-order valence-electron chi connectivity index (χ0n) is 12.8. The quantitative estimate of drug-likeness (QED) is 0.798. The van der Waals surface area contributed by atoms with Gasteiger partial charge in [-0.15, -0.1) is 0 Å². The molecule has 1 N–H and O–H groups in total. The van der Waals surface area contributed by atoms with Crippen molar-refractivity contribution in [3.8, 4) is 6.01 Å². The molecule has 0 bridgehead atoms. The highest BCUT2D eigenvalue weighted by atomic mass is 19.4. The Labute approximate surface area is 134 Å². The third kappa shape index (κ3) is 4.41. The summed E-state index contributed by atoms with van der Waals surface area (Å²) in [5.74, 6) is -0.767. The van der Waals surface area contributed by atoms with E-state index in [-0.39, 0.29) is 24.0 Å². The van der Waals surface area contributed by atoms with Crippen LogP contribution in [0.5, 0.6) is 6.01 Å². The van der Waals surface area contributed by atoms with Gasteiger partial charge in [-0.05, 0) is 0 Å².